The number of amides is 1. The van der Waals surface area contributed by atoms with E-state index in [9.17, 15) is 4.79 Å². The minimum Gasteiger partial charge on any atom is -0.333 e. The lowest BCUT2D eigenvalue weighted by Crippen LogP contribution is -2.41. The summed E-state index contributed by atoms with van der Waals surface area (Å²) in [4.78, 5) is 18.9. The normalized spacial score (nSPS) is 12.5. The Bertz CT molecular complexity index is 678. The summed E-state index contributed by atoms with van der Waals surface area (Å²) in [5, 5.41) is 5.05. The Morgan fingerprint density at radius 2 is 1.87 bits per heavy atom. The van der Waals surface area contributed by atoms with Gasteiger partial charge in [-0.1, -0.05) is 25.4 Å². The van der Waals surface area contributed by atoms with Crippen LogP contribution in [0.2, 0.25) is 5.02 Å². The smallest absolute Gasteiger partial charge is 0.293 e. The molecule has 0 saturated carbocycles. The van der Waals surface area contributed by atoms with Gasteiger partial charge < -0.3 is 4.90 Å². The highest BCUT2D eigenvalue weighted by Crippen LogP contribution is 2.16. The van der Waals surface area contributed by atoms with Crippen LogP contribution in [-0.4, -0.2) is 38.2 Å². The first-order valence-corrected chi connectivity index (χ1v) is 8.23. The average molecular weight is 335 g/mol. The van der Waals surface area contributed by atoms with Crippen LogP contribution in [0.25, 0.3) is 5.69 Å². The van der Waals surface area contributed by atoms with Gasteiger partial charge in [0.05, 0.1) is 5.69 Å². The summed E-state index contributed by atoms with van der Waals surface area (Å²) < 4.78 is 1.66. The molecule has 1 heterocycles. The molecule has 2 rings (SSSR count). The van der Waals surface area contributed by atoms with Crippen LogP contribution in [0.15, 0.2) is 24.3 Å². The molecule has 0 N–H and O–H groups in total. The van der Waals surface area contributed by atoms with E-state index in [1.54, 1.807) is 16.8 Å². The second kappa shape index (κ2) is 7.13. The number of rotatable bonds is 5. The first kappa shape index (κ1) is 17.5. The minimum atomic E-state index is -0.135. The third kappa shape index (κ3) is 3.72. The van der Waals surface area contributed by atoms with Crippen molar-refractivity contribution in [1.29, 1.82) is 0 Å². The van der Waals surface area contributed by atoms with Crippen LogP contribution in [0.1, 0.15) is 44.1 Å². The van der Waals surface area contributed by atoms with Gasteiger partial charge in [-0.3, -0.25) is 4.79 Å². The van der Waals surface area contributed by atoms with E-state index in [0.717, 1.165) is 5.69 Å². The van der Waals surface area contributed by atoms with Crippen LogP contribution in [0, 0.1) is 12.8 Å². The lowest BCUT2D eigenvalue weighted by molar-refractivity contribution is 0.0648. The van der Waals surface area contributed by atoms with Crippen LogP contribution in [0.4, 0.5) is 0 Å². The number of halogens is 1. The van der Waals surface area contributed by atoms with Crippen LogP contribution in [0.5, 0.6) is 0 Å². The predicted molar refractivity (Wildman–Crippen MR) is 92.1 cm³/mol. The molecule has 0 fully saturated rings. The Hall–Kier alpha value is -1.88. The number of hydrogen-bond acceptors (Lipinski definition) is 3. The number of carbonyl (C=O) groups is 1. The average Bonchev–Trinajstić information content (AvgIpc) is 2.90. The first-order valence-electron chi connectivity index (χ1n) is 7.85. The Morgan fingerprint density at radius 3 is 2.39 bits per heavy atom. The van der Waals surface area contributed by atoms with Crippen LogP contribution < -0.4 is 0 Å². The molecule has 1 aromatic carbocycles. The fourth-order valence-electron chi connectivity index (χ4n) is 2.41. The molecule has 0 aliphatic heterocycles. The Morgan fingerprint density at radius 1 is 1.26 bits per heavy atom. The summed E-state index contributed by atoms with van der Waals surface area (Å²) in [7, 11) is 0. The monoisotopic (exact) mass is 334 g/mol. The molecule has 23 heavy (non-hydrogen) atoms. The lowest BCUT2D eigenvalue weighted by Gasteiger charge is -2.29. The molecule has 1 unspecified atom stereocenters. The van der Waals surface area contributed by atoms with Gasteiger partial charge in [0.25, 0.3) is 5.91 Å². The summed E-state index contributed by atoms with van der Waals surface area (Å²) in [6, 6.07) is 7.42. The maximum atomic E-state index is 12.7. The van der Waals surface area contributed by atoms with Crippen LogP contribution in [-0.2, 0) is 0 Å². The molecule has 124 valence electrons. The zero-order valence-corrected chi connectivity index (χ0v) is 15.0. The molecule has 0 saturated heterocycles. The Balaban J connectivity index is 2.32. The van der Waals surface area contributed by atoms with Crippen molar-refractivity contribution in [2.45, 2.75) is 40.7 Å². The summed E-state index contributed by atoms with van der Waals surface area (Å²) in [5.41, 5.74) is 0.832. The zero-order valence-electron chi connectivity index (χ0n) is 14.2. The molecule has 6 heteroatoms. The highest BCUT2D eigenvalue weighted by atomic mass is 35.5. The molecule has 0 bridgehead atoms. The van der Waals surface area contributed by atoms with Gasteiger partial charge in [-0.05, 0) is 51.0 Å². The van der Waals surface area contributed by atoms with Crippen molar-refractivity contribution in [1.82, 2.24) is 19.7 Å². The standard InChI is InChI=1S/C17H23ClN4O/c1-6-21(12(4)11(2)3)17(23)16-19-13(5)22(20-16)15-9-7-14(18)8-10-15/h7-12H,6H2,1-5H3. The maximum Gasteiger partial charge on any atom is 0.293 e. The van der Waals surface area contributed by atoms with E-state index in [0.29, 0.717) is 23.3 Å². The third-order valence-corrected chi connectivity index (χ3v) is 4.34. The molecule has 5 nitrogen and oxygen atoms in total. The molecule has 1 aromatic heterocycles. The molecule has 1 atom stereocenters. The largest absolute Gasteiger partial charge is 0.333 e. The van der Waals surface area contributed by atoms with Crippen molar-refractivity contribution in [3.63, 3.8) is 0 Å². The Kier molecular flexibility index (Phi) is 5.42. The van der Waals surface area contributed by atoms with Crippen molar-refractivity contribution < 1.29 is 4.79 Å². The molecule has 2 aromatic rings. The highest BCUT2D eigenvalue weighted by Gasteiger charge is 2.26. The van der Waals surface area contributed by atoms with Gasteiger partial charge >= 0.3 is 0 Å². The maximum absolute atomic E-state index is 12.7. The fraction of sp³-hybridized carbons (Fsp3) is 0.471. The van der Waals surface area contributed by atoms with Gasteiger partial charge in [0.1, 0.15) is 5.82 Å². The van der Waals surface area contributed by atoms with Gasteiger partial charge in [-0.2, -0.15) is 0 Å². The Labute approximate surface area is 142 Å². The molecule has 0 aliphatic rings. The summed E-state index contributed by atoms with van der Waals surface area (Å²) in [6.07, 6.45) is 0. The number of benzene rings is 1. The summed E-state index contributed by atoms with van der Waals surface area (Å²) in [6.45, 7) is 10.7. The van der Waals surface area contributed by atoms with Crippen molar-refractivity contribution in [2.24, 2.45) is 5.92 Å². The number of carbonyl (C=O) groups excluding carboxylic acids is 1. The van der Waals surface area contributed by atoms with Crippen molar-refractivity contribution in [3.05, 3.63) is 40.9 Å². The van der Waals surface area contributed by atoms with Crippen molar-refractivity contribution in [2.75, 3.05) is 6.54 Å². The highest BCUT2D eigenvalue weighted by molar-refractivity contribution is 6.30. The minimum absolute atomic E-state index is 0.135. The number of aryl methyl sites for hydroxylation is 1. The zero-order chi connectivity index (χ0) is 17.1. The number of nitrogens with zero attached hydrogens (tertiary/aromatic N) is 4. The van der Waals surface area contributed by atoms with Gasteiger partial charge in [0, 0.05) is 17.6 Å². The van der Waals surface area contributed by atoms with E-state index in [1.165, 1.54) is 0 Å². The summed E-state index contributed by atoms with van der Waals surface area (Å²) in [5.74, 6) is 1.14. The van der Waals surface area contributed by atoms with Gasteiger partial charge in [0.15, 0.2) is 0 Å². The van der Waals surface area contributed by atoms with Gasteiger partial charge in [-0.25, -0.2) is 9.67 Å². The molecule has 0 spiro atoms. The van der Waals surface area contributed by atoms with E-state index in [-0.39, 0.29) is 17.8 Å². The SMILES string of the molecule is CCN(C(=O)c1nc(C)n(-c2ccc(Cl)cc2)n1)C(C)C(C)C. The third-order valence-electron chi connectivity index (χ3n) is 4.09. The van der Waals surface area contributed by atoms with Gasteiger partial charge in [0.2, 0.25) is 5.82 Å². The topological polar surface area (TPSA) is 51.0 Å². The fourth-order valence-corrected chi connectivity index (χ4v) is 2.54. The predicted octanol–water partition coefficient (Wildman–Crippen LogP) is 3.74. The molecular formula is C17H23ClN4O. The molecule has 0 radical (unpaired) electrons. The molecule has 1 amide bonds. The summed E-state index contributed by atoms with van der Waals surface area (Å²) >= 11 is 5.91. The van der Waals surface area contributed by atoms with E-state index >= 15 is 0 Å². The second-order valence-corrected chi connectivity index (χ2v) is 6.38. The van der Waals surface area contributed by atoms with E-state index in [2.05, 4.69) is 30.9 Å². The van der Waals surface area contributed by atoms with Crippen LogP contribution in [0.3, 0.4) is 0 Å². The quantitative estimate of drug-likeness (QED) is 0.837. The number of hydrogen-bond donors (Lipinski definition) is 0. The van der Waals surface area contributed by atoms with Crippen LogP contribution >= 0.6 is 11.6 Å². The second-order valence-electron chi connectivity index (χ2n) is 5.95. The van der Waals surface area contributed by atoms with Crippen molar-refractivity contribution in [3.8, 4) is 5.69 Å². The van der Waals surface area contributed by atoms with E-state index in [4.69, 9.17) is 11.6 Å². The molecule has 0 aliphatic carbocycles. The number of aromatic nitrogens is 3. The van der Waals surface area contributed by atoms with E-state index < -0.39 is 0 Å². The van der Waals surface area contributed by atoms with Gasteiger partial charge in [-0.15, -0.1) is 5.10 Å². The van der Waals surface area contributed by atoms with Crippen molar-refractivity contribution >= 4 is 17.5 Å². The molecular weight excluding hydrogens is 312 g/mol. The van der Waals surface area contributed by atoms with E-state index in [1.807, 2.05) is 30.9 Å². The first-order chi connectivity index (χ1) is 10.8. The lowest BCUT2D eigenvalue weighted by atomic mass is 10.0.